The molecule has 0 fully saturated rings. The van der Waals surface area contributed by atoms with Crippen LogP contribution in [0.1, 0.15) is 18.4 Å². The Labute approximate surface area is 103 Å². The summed E-state index contributed by atoms with van der Waals surface area (Å²) >= 11 is 0. The summed E-state index contributed by atoms with van der Waals surface area (Å²) in [7, 11) is 0. The second-order valence-corrected chi connectivity index (χ2v) is 4.46. The molecule has 0 spiro atoms. The molecule has 0 saturated carbocycles. The van der Waals surface area contributed by atoms with Crippen molar-refractivity contribution in [1.29, 1.82) is 0 Å². The SMILES string of the molecule is C=C(CC1=CCOCC1)Nc1cccc(C)c1. The minimum absolute atomic E-state index is 0.743. The standard InChI is InChI=1S/C15H19NO/c1-12-4-3-5-15(10-12)16-13(2)11-14-6-8-17-9-7-14/h3-6,10,16H,2,7-9,11H2,1H3. The first-order valence-corrected chi connectivity index (χ1v) is 6.01. The molecule has 1 aliphatic heterocycles. The van der Waals surface area contributed by atoms with Gasteiger partial charge in [-0.3, -0.25) is 0 Å². The molecule has 2 nitrogen and oxygen atoms in total. The number of hydrogen-bond acceptors (Lipinski definition) is 2. The quantitative estimate of drug-likeness (QED) is 0.796. The Kier molecular flexibility index (Phi) is 3.99. The summed E-state index contributed by atoms with van der Waals surface area (Å²) in [6.07, 6.45) is 4.10. The van der Waals surface area contributed by atoms with Crippen LogP contribution in [-0.4, -0.2) is 13.2 Å². The molecule has 0 amide bonds. The van der Waals surface area contributed by atoms with Crippen LogP contribution < -0.4 is 5.32 Å². The zero-order valence-electron chi connectivity index (χ0n) is 10.3. The number of allylic oxidation sites excluding steroid dienone is 1. The van der Waals surface area contributed by atoms with Gasteiger partial charge in [-0.05, 0) is 31.0 Å². The van der Waals surface area contributed by atoms with E-state index in [1.54, 1.807) is 0 Å². The fourth-order valence-corrected chi connectivity index (χ4v) is 1.97. The molecular weight excluding hydrogens is 210 g/mol. The molecule has 0 atom stereocenters. The van der Waals surface area contributed by atoms with Crippen LogP contribution in [0.5, 0.6) is 0 Å². The average Bonchev–Trinajstić information content (AvgIpc) is 2.30. The van der Waals surface area contributed by atoms with Crippen molar-refractivity contribution in [2.45, 2.75) is 19.8 Å². The molecule has 1 aromatic carbocycles. The van der Waals surface area contributed by atoms with E-state index in [0.29, 0.717) is 0 Å². The number of hydrogen-bond donors (Lipinski definition) is 1. The second-order valence-electron chi connectivity index (χ2n) is 4.46. The predicted octanol–water partition coefficient (Wildman–Crippen LogP) is 3.66. The third-order valence-corrected chi connectivity index (χ3v) is 2.84. The Morgan fingerprint density at radius 3 is 3.06 bits per heavy atom. The number of aryl methyl sites for hydroxylation is 1. The molecule has 0 bridgehead atoms. The number of nitrogens with one attached hydrogen (secondary N) is 1. The molecule has 0 radical (unpaired) electrons. The van der Waals surface area contributed by atoms with Crippen LogP contribution >= 0.6 is 0 Å². The van der Waals surface area contributed by atoms with Crippen molar-refractivity contribution in [3.05, 3.63) is 53.8 Å². The molecule has 17 heavy (non-hydrogen) atoms. The number of ether oxygens (including phenoxy) is 1. The molecule has 1 aliphatic rings. The highest BCUT2D eigenvalue weighted by Gasteiger charge is 2.05. The fourth-order valence-electron chi connectivity index (χ4n) is 1.97. The third-order valence-electron chi connectivity index (χ3n) is 2.84. The first kappa shape index (κ1) is 11.9. The van der Waals surface area contributed by atoms with Crippen LogP contribution in [0.2, 0.25) is 0 Å². The smallest absolute Gasteiger partial charge is 0.0650 e. The van der Waals surface area contributed by atoms with E-state index in [9.17, 15) is 0 Å². The van der Waals surface area contributed by atoms with Crippen LogP contribution in [0, 0.1) is 6.92 Å². The number of anilines is 1. The zero-order valence-corrected chi connectivity index (χ0v) is 10.3. The van der Waals surface area contributed by atoms with E-state index in [-0.39, 0.29) is 0 Å². The van der Waals surface area contributed by atoms with Crippen molar-refractivity contribution in [2.24, 2.45) is 0 Å². The molecule has 90 valence electrons. The number of rotatable bonds is 4. The largest absolute Gasteiger partial charge is 0.377 e. The minimum atomic E-state index is 0.743. The summed E-state index contributed by atoms with van der Waals surface area (Å²) in [5.41, 5.74) is 4.83. The van der Waals surface area contributed by atoms with Crippen molar-refractivity contribution >= 4 is 5.69 Å². The van der Waals surface area contributed by atoms with Gasteiger partial charge in [0.05, 0.1) is 13.2 Å². The van der Waals surface area contributed by atoms with Crippen molar-refractivity contribution < 1.29 is 4.74 Å². The van der Waals surface area contributed by atoms with E-state index in [1.165, 1.54) is 11.1 Å². The van der Waals surface area contributed by atoms with E-state index in [0.717, 1.165) is 37.4 Å². The van der Waals surface area contributed by atoms with E-state index < -0.39 is 0 Å². The summed E-state index contributed by atoms with van der Waals surface area (Å²) in [5, 5.41) is 3.35. The highest BCUT2D eigenvalue weighted by Crippen LogP contribution is 2.19. The maximum absolute atomic E-state index is 5.29. The van der Waals surface area contributed by atoms with Gasteiger partial charge in [-0.1, -0.05) is 30.4 Å². The van der Waals surface area contributed by atoms with Gasteiger partial charge in [-0.25, -0.2) is 0 Å². The lowest BCUT2D eigenvalue weighted by molar-refractivity contribution is 0.154. The van der Waals surface area contributed by atoms with Gasteiger partial charge in [0.2, 0.25) is 0 Å². The summed E-state index contributed by atoms with van der Waals surface area (Å²) in [4.78, 5) is 0. The van der Waals surface area contributed by atoms with Gasteiger partial charge >= 0.3 is 0 Å². The van der Waals surface area contributed by atoms with E-state index in [2.05, 4.69) is 49.2 Å². The molecule has 1 aromatic rings. The highest BCUT2D eigenvalue weighted by molar-refractivity contribution is 5.50. The lowest BCUT2D eigenvalue weighted by Crippen LogP contribution is -2.07. The van der Waals surface area contributed by atoms with Crippen LogP contribution in [0.3, 0.4) is 0 Å². The van der Waals surface area contributed by atoms with Gasteiger partial charge in [0.25, 0.3) is 0 Å². The minimum Gasteiger partial charge on any atom is -0.377 e. The van der Waals surface area contributed by atoms with Crippen molar-refractivity contribution in [2.75, 3.05) is 18.5 Å². The topological polar surface area (TPSA) is 21.3 Å². The Balaban J connectivity index is 1.91. The molecular formula is C15H19NO. The van der Waals surface area contributed by atoms with E-state index >= 15 is 0 Å². The van der Waals surface area contributed by atoms with Crippen LogP contribution in [0.4, 0.5) is 5.69 Å². The van der Waals surface area contributed by atoms with Crippen LogP contribution in [0.15, 0.2) is 48.2 Å². The van der Waals surface area contributed by atoms with E-state index in [4.69, 9.17) is 4.74 Å². The lowest BCUT2D eigenvalue weighted by Gasteiger charge is -2.16. The monoisotopic (exact) mass is 229 g/mol. The summed E-state index contributed by atoms with van der Waals surface area (Å²) in [5.74, 6) is 0. The van der Waals surface area contributed by atoms with Gasteiger partial charge in [-0.2, -0.15) is 0 Å². The third kappa shape index (κ3) is 3.75. The predicted molar refractivity (Wildman–Crippen MR) is 72.1 cm³/mol. The van der Waals surface area contributed by atoms with Crippen molar-refractivity contribution in [3.63, 3.8) is 0 Å². The molecule has 0 aliphatic carbocycles. The lowest BCUT2D eigenvalue weighted by atomic mass is 10.1. The molecule has 1 N–H and O–H groups in total. The van der Waals surface area contributed by atoms with Crippen LogP contribution in [0.25, 0.3) is 0 Å². The Morgan fingerprint density at radius 2 is 2.35 bits per heavy atom. The maximum Gasteiger partial charge on any atom is 0.0650 e. The van der Waals surface area contributed by atoms with Gasteiger partial charge < -0.3 is 10.1 Å². The van der Waals surface area contributed by atoms with Gasteiger partial charge in [0, 0.05) is 17.8 Å². The van der Waals surface area contributed by atoms with Crippen LogP contribution in [-0.2, 0) is 4.74 Å². The maximum atomic E-state index is 5.29. The molecule has 2 rings (SSSR count). The fraction of sp³-hybridized carbons (Fsp3) is 0.333. The summed E-state index contributed by atoms with van der Waals surface area (Å²) in [6.45, 7) is 7.75. The Morgan fingerprint density at radius 1 is 1.47 bits per heavy atom. The van der Waals surface area contributed by atoms with Gasteiger partial charge in [-0.15, -0.1) is 0 Å². The molecule has 1 heterocycles. The van der Waals surface area contributed by atoms with E-state index in [1.807, 2.05) is 0 Å². The zero-order chi connectivity index (χ0) is 12.1. The Bertz CT molecular complexity index is 434. The van der Waals surface area contributed by atoms with Gasteiger partial charge in [0.15, 0.2) is 0 Å². The second kappa shape index (κ2) is 5.69. The number of benzene rings is 1. The normalized spacial score (nSPS) is 15.2. The molecule has 0 aromatic heterocycles. The van der Waals surface area contributed by atoms with Crippen molar-refractivity contribution in [1.82, 2.24) is 0 Å². The van der Waals surface area contributed by atoms with Crippen molar-refractivity contribution in [3.8, 4) is 0 Å². The first-order valence-electron chi connectivity index (χ1n) is 6.01. The molecule has 0 saturated heterocycles. The molecule has 2 heteroatoms. The highest BCUT2D eigenvalue weighted by atomic mass is 16.5. The average molecular weight is 229 g/mol. The summed E-state index contributed by atoms with van der Waals surface area (Å²) in [6, 6.07) is 8.34. The molecule has 0 unspecified atom stereocenters. The Hall–Kier alpha value is -1.54. The van der Waals surface area contributed by atoms with Gasteiger partial charge in [0.1, 0.15) is 0 Å². The first-order chi connectivity index (χ1) is 8.24. The summed E-state index contributed by atoms with van der Waals surface area (Å²) < 4.78 is 5.29.